The summed E-state index contributed by atoms with van der Waals surface area (Å²) in [6, 6.07) is 23.0. The molecule has 2 N–H and O–H groups in total. The van der Waals surface area contributed by atoms with Crippen molar-refractivity contribution in [3.63, 3.8) is 0 Å². The maximum Gasteiger partial charge on any atom is 0.279 e. The van der Waals surface area contributed by atoms with Gasteiger partial charge >= 0.3 is 0 Å². The average molecular weight is 420 g/mol. The molecule has 1 heterocycles. The first-order valence-electron chi connectivity index (χ1n) is 9.16. The number of carbonyl (C=O) groups is 2. The number of halogens is 1. The summed E-state index contributed by atoms with van der Waals surface area (Å²) in [6.45, 7) is -0.262. The van der Waals surface area contributed by atoms with Crippen LogP contribution in [-0.2, 0) is 4.79 Å². The quantitative estimate of drug-likeness (QED) is 0.466. The van der Waals surface area contributed by atoms with E-state index in [0.717, 1.165) is 15.8 Å². The number of hydrazine groups is 1. The molecule has 3 aromatic carbocycles. The molecule has 0 saturated carbocycles. The van der Waals surface area contributed by atoms with E-state index in [-0.39, 0.29) is 12.4 Å². The van der Waals surface area contributed by atoms with Crippen LogP contribution in [0.25, 0.3) is 21.2 Å². The predicted molar refractivity (Wildman–Crippen MR) is 115 cm³/mol. The van der Waals surface area contributed by atoms with Crippen molar-refractivity contribution in [1.82, 2.24) is 10.9 Å². The lowest BCUT2D eigenvalue weighted by Gasteiger charge is -2.12. The molecule has 0 atom stereocenters. The standard InChI is InChI=1S/C23H17FN2O3S/c24-17-10-11-20-16(12-17)13-21(30-20)23(28)26-25-22(27)14-29-19-9-5-4-8-18(19)15-6-2-1-3-7-15/h1-13H,14H2,(H,25,27)(H,26,28). The van der Waals surface area contributed by atoms with E-state index in [9.17, 15) is 14.0 Å². The highest BCUT2D eigenvalue weighted by atomic mass is 32.1. The highest BCUT2D eigenvalue weighted by molar-refractivity contribution is 7.20. The number of para-hydroxylation sites is 1. The lowest BCUT2D eigenvalue weighted by atomic mass is 10.1. The van der Waals surface area contributed by atoms with Crippen LogP contribution in [0.1, 0.15) is 9.67 Å². The summed E-state index contributed by atoms with van der Waals surface area (Å²) in [6.07, 6.45) is 0. The topological polar surface area (TPSA) is 67.4 Å². The third kappa shape index (κ3) is 4.47. The van der Waals surface area contributed by atoms with Crippen LogP contribution in [0.4, 0.5) is 4.39 Å². The van der Waals surface area contributed by atoms with E-state index in [1.165, 1.54) is 23.5 Å². The average Bonchev–Trinajstić information content (AvgIpc) is 3.20. The number of hydrogen-bond acceptors (Lipinski definition) is 4. The minimum absolute atomic E-state index is 0.262. The molecule has 0 spiro atoms. The Labute approximate surface area is 176 Å². The second-order valence-electron chi connectivity index (χ2n) is 6.45. The molecule has 5 nitrogen and oxygen atoms in total. The monoisotopic (exact) mass is 420 g/mol. The number of ether oxygens (including phenoxy) is 1. The Morgan fingerprint density at radius 2 is 1.67 bits per heavy atom. The Balaban J connectivity index is 1.35. The smallest absolute Gasteiger partial charge is 0.279 e. The molecule has 4 aromatic rings. The summed E-state index contributed by atoms with van der Waals surface area (Å²) in [5.41, 5.74) is 6.53. The first-order valence-corrected chi connectivity index (χ1v) is 9.97. The molecular weight excluding hydrogens is 403 g/mol. The lowest BCUT2D eigenvalue weighted by Crippen LogP contribution is -2.43. The van der Waals surface area contributed by atoms with Gasteiger partial charge < -0.3 is 4.74 Å². The molecule has 4 rings (SSSR count). The summed E-state index contributed by atoms with van der Waals surface area (Å²) >= 11 is 1.21. The fourth-order valence-electron chi connectivity index (χ4n) is 2.94. The summed E-state index contributed by atoms with van der Waals surface area (Å²) in [7, 11) is 0. The second-order valence-corrected chi connectivity index (χ2v) is 7.53. The number of fused-ring (bicyclic) bond motifs is 1. The summed E-state index contributed by atoms with van der Waals surface area (Å²) in [4.78, 5) is 24.8. The minimum atomic E-state index is -0.502. The number of amides is 2. The van der Waals surface area contributed by atoms with E-state index >= 15 is 0 Å². The molecule has 150 valence electrons. The molecule has 0 saturated heterocycles. The number of nitrogens with one attached hydrogen (secondary N) is 2. The fraction of sp³-hybridized carbons (Fsp3) is 0.0435. The van der Waals surface area contributed by atoms with Gasteiger partial charge in [-0.25, -0.2) is 4.39 Å². The molecular formula is C23H17FN2O3S. The van der Waals surface area contributed by atoms with Crippen molar-refractivity contribution in [2.24, 2.45) is 0 Å². The fourth-order valence-corrected chi connectivity index (χ4v) is 3.88. The van der Waals surface area contributed by atoms with Gasteiger partial charge in [0, 0.05) is 10.3 Å². The summed E-state index contributed by atoms with van der Waals surface area (Å²) in [5, 5.41) is 0.636. The summed E-state index contributed by atoms with van der Waals surface area (Å²) in [5.74, 6) is -0.779. The Kier molecular flexibility index (Phi) is 5.72. The van der Waals surface area contributed by atoms with Crippen LogP contribution >= 0.6 is 11.3 Å². The summed E-state index contributed by atoms with van der Waals surface area (Å²) < 4.78 is 19.7. The number of benzene rings is 3. The van der Waals surface area contributed by atoms with Crippen molar-refractivity contribution in [3.05, 3.63) is 89.6 Å². The van der Waals surface area contributed by atoms with Crippen molar-refractivity contribution in [3.8, 4) is 16.9 Å². The number of carbonyl (C=O) groups excluding carboxylic acids is 2. The minimum Gasteiger partial charge on any atom is -0.483 e. The van der Waals surface area contributed by atoms with Gasteiger partial charge in [0.2, 0.25) is 0 Å². The molecule has 7 heteroatoms. The maximum absolute atomic E-state index is 13.3. The SMILES string of the molecule is O=C(COc1ccccc1-c1ccccc1)NNC(=O)c1cc2cc(F)ccc2s1. The zero-order valence-electron chi connectivity index (χ0n) is 15.7. The Morgan fingerprint density at radius 1 is 0.900 bits per heavy atom. The van der Waals surface area contributed by atoms with Crippen LogP contribution in [-0.4, -0.2) is 18.4 Å². The first kappa shape index (κ1) is 19.6. The number of rotatable bonds is 5. The first-order chi connectivity index (χ1) is 14.6. The van der Waals surface area contributed by atoms with Gasteiger partial charge in [-0.1, -0.05) is 48.5 Å². The van der Waals surface area contributed by atoms with E-state index in [4.69, 9.17) is 4.74 Å². The number of thiophene rings is 1. The van der Waals surface area contributed by atoms with Gasteiger partial charge in [-0.05, 0) is 41.3 Å². The highest BCUT2D eigenvalue weighted by Crippen LogP contribution is 2.29. The lowest BCUT2D eigenvalue weighted by molar-refractivity contribution is -0.123. The Bertz CT molecular complexity index is 1210. The van der Waals surface area contributed by atoms with E-state index in [0.29, 0.717) is 16.0 Å². The van der Waals surface area contributed by atoms with Gasteiger partial charge in [-0.2, -0.15) is 0 Å². The van der Waals surface area contributed by atoms with Gasteiger partial charge in [-0.3, -0.25) is 20.4 Å². The largest absolute Gasteiger partial charge is 0.483 e. The molecule has 1 aromatic heterocycles. The van der Waals surface area contributed by atoms with Crippen LogP contribution < -0.4 is 15.6 Å². The second kappa shape index (κ2) is 8.75. The van der Waals surface area contributed by atoms with Gasteiger partial charge in [-0.15, -0.1) is 11.3 Å². The van der Waals surface area contributed by atoms with Crippen molar-refractivity contribution >= 4 is 33.2 Å². The molecule has 0 unspecified atom stereocenters. The van der Waals surface area contributed by atoms with Crippen LogP contribution in [0.15, 0.2) is 78.9 Å². The normalized spacial score (nSPS) is 10.6. The molecule has 0 aliphatic carbocycles. The molecule has 2 amide bonds. The maximum atomic E-state index is 13.3. The molecule has 0 aliphatic heterocycles. The van der Waals surface area contributed by atoms with Crippen LogP contribution in [0.2, 0.25) is 0 Å². The van der Waals surface area contributed by atoms with Crippen molar-refractivity contribution in [2.45, 2.75) is 0 Å². The van der Waals surface area contributed by atoms with Gasteiger partial charge in [0.05, 0.1) is 4.88 Å². The number of hydrogen-bond donors (Lipinski definition) is 2. The van der Waals surface area contributed by atoms with Crippen LogP contribution in [0.5, 0.6) is 5.75 Å². The highest BCUT2D eigenvalue weighted by Gasteiger charge is 2.13. The van der Waals surface area contributed by atoms with Crippen LogP contribution in [0, 0.1) is 5.82 Å². The molecule has 0 aliphatic rings. The van der Waals surface area contributed by atoms with E-state index in [1.807, 2.05) is 48.5 Å². The Hall–Kier alpha value is -3.71. The third-order valence-corrected chi connectivity index (χ3v) is 5.46. The molecule has 0 radical (unpaired) electrons. The zero-order valence-corrected chi connectivity index (χ0v) is 16.5. The molecule has 0 bridgehead atoms. The zero-order chi connectivity index (χ0) is 20.9. The van der Waals surface area contributed by atoms with E-state index in [1.54, 1.807) is 18.2 Å². The van der Waals surface area contributed by atoms with E-state index < -0.39 is 11.8 Å². The van der Waals surface area contributed by atoms with Crippen LogP contribution in [0.3, 0.4) is 0 Å². The van der Waals surface area contributed by atoms with Crippen molar-refractivity contribution in [1.29, 1.82) is 0 Å². The predicted octanol–water partition coefficient (Wildman–Crippen LogP) is 4.55. The Morgan fingerprint density at radius 3 is 2.50 bits per heavy atom. The molecule has 0 fully saturated rings. The van der Waals surface area contributed by atoms with Crippen molar-refractivity contribution in [2.75, 3.05) is 6.61 Å². The molecule has 30 heavy (non-hydrogen) atoms. The van der Waals surface area contributed by atoms with Crippen molar-refractivity contribution < 1.29 is 18.7 Å². The van der Waals surface area contributed by atoms with Gasteiger partial charge in [0.1, 0.15) is 11.6 Å². The third-order valence-electron chi connectivity index (χ3n) is 4.35. The van der Waals surface area contributed by atoms with Gasteiger partial charge in [0.25, 0.3) is 11.8 Å². The van der Waals surface area contributed by atoms with E-state index in [2.05, 4.69) is 10.9 Å². The van der Waals surface area contributed by atoms with Gasteiger partial charge in [0.15, 0.2) is 6.61 Å².